The van der Waals surface area contributed by atoms with E-state index >= 15 is 0 Å². The molecule has 128 valence electrons. The number of benzene rings is 2. The number of carbonyl (C=O) groups is 1. The first-order valence-electron chi connectivity index (χ1n) is 7.27. The Kier molecular flexibility index (Phi) is 5.21. The van der Waals surface area contributed by atoms with Crippen molar-refractivity contribution in [1.29, 1.82) is 0 Å². The second-order valence-electron chi connectivity index (χ2n) is 5.05. The van der Waals surface area contributed by atoms with E-state index < -0.39 is 0 Å². The van der Waals surface area contributed by atoms with Gasteiger partial charge in [-0.25, -0.2) is 0 Å². The largest absolute Gasteiger partial charge is 0.496 e. The molecule has 0 saturated heterocycles. The minimum Gasteiger partial charge on any atom is -0.496 e. The highest BCUT2D eigenvalue weighted by molar-refractivity contribution is 6.31. The standard InChI is InChI=1S/C17H13Cl2N3O3/c1-24-14-8-12(19)5-6-13(14)16(23)20-9-15-21-17(25-22-15)10-3-2-4-11(18)7-10/h2-8H,9H2,1H3,(H,20,23). The van der Waals surface area contributed by atoms with Crippen LogP contribution >= 0.6 is 23.2 Å². The van der Waals surface area contributed by atoms with Crippen molar-refractivity contribution in [2.24, 2.45) is 0 Å². The van der Waals surface area contributed by atoms with Gasteiger partial charge in [0.1, 0.15) is 5.75 Å². The summed E-state index contributed by atoms with van der Waals surface area (Å²) in [6.07, 6.45) is 0. The van der Waals surface area contributed by atoms with Gasteiger partial charge in [-0.2, -0.15) is 4.98 Å². The van der Waals surface area contributed by atoms with E-state index in [1.165, 1.54) is 7.11 Å². The van der Waals surface area contributed by atoms with Gasteiger partial charge < -0.3 is 14.6 Å². The zero-order valence-corrected chi connectivity index (χ0v) is 14.6. The third-order valence-corrected chi connectivity index (χ3v) is 3.83. The summed E-state index contributed by atoms with van der Waals surface area (Å²) in [5.41, 5.74) is 1.07. The van der Waals surface area contributed by atoms with E-state index in [1.54, 1.807) is 42.5 Å². The first-order chi connectivity index (χ1) is 12.1. The molecule has 0 unspecified atom stereocenters. The van der Waals surface area contributed by atoms with Crippen LogP contribution in [0.3, 0.4) is 0 Å². The molecule has 0 aliphatic rings. The van der Waals surface area contributed by atoms with Crippen molar-refractivity contribution < 1.29 is 14.1 Å². The average Bonchev–Trinajstić information content (AvgIpc) is 3.08. The fraction of sp³-hybridized carbons (Fsp3) is 0.118. The number of carbonyl (C=O) groups excluding carboxylic acids is 1. The average molecular weight is 378 g/mol. The van der Waals surface area contributed by atoms with Crippen LogP contribution in [0.4, 0.5) is 0 Å². The van der Waals surface area contributed by atoms with Crippen molar-refractivity contribution in [3.63, 3.8) is 0 Å². The lowest BCUT2D eigenvalue weighted by molar-refractivity contribution is 0.0946. The van der Waals surface area contributed by atoms with Gasteiger partial charge in [0, 0.05) is 15.6 Å². The number of halogens is 2. The SMILES string of the molecule is COc1cc(Cl)ccc1C(=O)NCc1noc(-c2cccc(Cl)c2)n1. The molecule has 0 saturated carbocycles. The summed E-state index contributed by atoms with van der Waals surface area (Å²) < 4.78 is 10.4. The summed E-state index contributed by atoms with van der Waals surface area (Å²) in [6.45, 7) is 0.106. The van der Waals surface area contributed by atoms with Gasteiger partial charge in [-0.05, 0) is 36.4 Å². The maximum absolute atomic E-state index is 12.3. The molecule has 0 radical (unpaired) electrons. The first-order valence-corrected chi connectivity index (χ1v) is 8.02. The van der Waals surface area contributed by atoms with Crippen molar-refractivity contribution in [1.82, 2.24) is 15.5 Å². The summed E-state index contributed by atoms with van der Waals surface area (Å²) in [5.74, 6) is 0.729. The molecule has 0 aliphatic carbocycles. The number of rotatable bonds is 5. The number of methoxy groups -OCH3 is 1. The van der Waals surface area contributed by atoms with Gasteiger partial charge in [0.05, 0.1) is 19.2 Å². The van der Waals surface area contributed by atoms with Crippen LogP contribution < -0.4 is 10.1 Å². The van der Waals surface area contributed by atoms with E-state index in [9.17, 15) is 4.79 Å². The monoisotopic (exact) mass is 377 g/mol. The Hall–Kier alpha value is -2.57. The van der Waals surface area contributed by atoms with Crippen LogP contribution in [-0.2, 0) is 6.54 Å². The topological polar surface area (TPSA) is 77.2 Å². The van der Waals surface area contributed by atoms with Crippen LogP contribution in [0.1, 0.15) is 16.2 Å². The lowest BCUT2D eigenvalue weighted by Gasteiger charge is -2.08. The number of hydrogen-bond acceptors (Lipinski definition) is 5. The second kappa shape index (κ2) is 7.55. The van der Waals surface area contributed by atoms with Gasteiger partial charge in [0.25, 0.3) is 11.8 Å². The van der Waals surface area contributed by atoms with Gasteiger partial charge in [0.15, 0.2) is 5.82 Å². The molecule has 3 rings (SSSR count). The highest BCUT2D eigenvalue weighted by Crippen LogP contribution is 2.23. The molecule has 1 heterocycles. The summed E-state index contributed by atoms with van der Waals surface area (Å²) >= 11 is 11.8. The van der Waals surface area contributed by atoms with E-state index in [0.717, 1.165) is 0 Å². The summed E-state index contributed by atoms with van der Waals surface area (Å²) in [6, 6.07) is 11.8. The van der Waals surface area contributed by atoms with E-state index in [0.29, 0.717) is 38.6 Å². The third kappa shape index (κ3) is 4.10. The van der Waals surface area contributed by atoms with Gasteiger partial charge in [-0.1, -0.05) is 34.4 Å². The summed E-state index contributed by atoms with van der Waals surface area (Å²) in [5, 5.41) is 7.61. The Balaban J connectivity index is 1.69. The van der Waals surface area contributed by atoms with Crippen molar-refractivity contribution in [3.8, 4) is 17.2 Å². The van der Waals surface area contributed by atoms with Crippen molar-refractivity contribution in [3.05, 3.63) is 63.9 Å². The van der Waals surface area contributed by atoms with E-state index in [-0.39, 0.29) is 12.5 Å². The molecular formula is C17H13Cl2N3O3. The van der Waals surface area contributed by atoms with Gasteiger partial charge in [-0.3, -0.25) is 4.79 Å². The van der Waals surface area contributed by atoms with Crippen LogP contribution in [-0.4, -0.2) is 23.2 Å². The molecule has 3 aromatic rings. The Labute approximate surface area is 153 Å². The predicted molar refractivity (Wildman–Crippen MR) is 93.9 cm³/mol. The number of amides is 1. The highest BCUT2D eigenvalue weighted by Gasteiger charge is 2.14. The van der Waals surface area contributed by atoms with Crippen molar-refractivity contribution >= 4 is 29.1 Å². The second-order valence-corrected chi connectivity index (χ2v) is 5.93. The molecule has 0 bridgehead atoms. The molecule has 0 aliphatic heterocycles. The van der Waals surface area contributed by atoms with E-state index in [4.69, 9.17) is 32.5 Å². The maximum atomic E-state index is 12.3. The van der Waals surface area contributed by atoms with Crippen LogP contribution in [0.5, 0.6) is 5.75 Å². The Bertz CT molecular complexity index is 912. The quantitative estimate of drug-likeness (QED) is 0.727. The van der Waals surface area contributed by atoms with Gasteiger partial charge in [-0.15, -0.1) is 0 Å². The van der Waals surface area contributed by atoms with Crippen molar-refractivity contribution in [2.75, 3.05) is 7.11 Å². The first kappa shape index (κ1) is 17.3. The Morgan fingerprint density at radius 3 is 2.76 bits per heavy atom. The molecule has 6 nitrogen and oxygen atoms in total. The Morgan fingerprint density at radius 2 is 2.00 bits per heavy atom. The van der Waals surface area contributed by atoms with Crippen LogP contribution in [0.2, 0.25) is 10.0 Å². The molecule has 0 spiro atoms. The lowest BCUT2D eigenvalue weighted by atomic mass is 10.2. The highest BCUT2D eigenvalue weighted by atomic mass is 35.5. The third-order valence-electron chi connectivity index (χ3n) is 3.35. The Morgan fingerprint density at radius 1 is 1.20 bits per heavy atom. The van der Waals surface area contributed by atoms with Gasteiger partial charge in [0.2, 0.25) is 0 Å². The van der Waals surface area contributed by atoms with E-state index in [2.05, 4.69) is 15.5 Å². The van der Waals surface area contributed by atoms with Crippen LogP contribution in [0.25, 0.3) is 11.5 Å². The molecule has 0 atom stereocenters. The zero-order valence-electron chi connectivity index (χ0n) is 13.1. The maximum Gasteiger partial charge on any atom is 0.258 e. The normalized spacial score (nSPS) is 10.5. The minimum absolute atomic E-state index is 0.106. The zero-order chi connectivity index (χ0) is 17.8. The number of nitrogens with one attached hydrogen (secondary N) is 1. The van der Waals surface area contributed by atoms with E-state index in [1.807, 2.05) is 0 Å². The molecule has 0 fully saturated rings. The summed E-state index contributed by atoms with van der Waals surface area (Å²) in [4.78, 5) is 16.5. The number of hydrogen-bond donors (Lipinski definition) is 1. The predicted octanol–water partition coefficient (Wildman–Crippen LogP) is 3.98. The fourth-order valence-corrected chi connectivity index (χ4v) is 2.52. The van der Waals surface area contributed by atoms with Crippen molar-refractivity contribution in [2.45, 2.75) is 6.54 Å². The van der Waals surface area contributed by atoms with Crippen LogP contribution in [0.15, 0.2) is 47.0 Å². The molecule has 8 heteroatoms. The molecule has 1 amide bonds. The number of ether oxygens (including phenoxy) is 1. The molecular weight excluding hydrogens is 365 g/mol. The lowest BCUT2D eigenvalue weighted by Crippen LogP contribution is -2.23. The molecule has 2 aromatic carbocycles. The molecule has 25 heavy (non-hydrogen) atoms. The van der Waals surface area contributed by atoms with Gasteiger partial charge >= 0.3 is 0 Å². The number of aromatic nitrogens is 2. The van der Waals surface area contributed by atoms with Crippen LogP contribution in [0, 0.1) is 0 Å². The molecule has 1 aromatic heterocycles. The molecule has 1 N–H and O–H groups in total. The summed E-state index contributed by atoms with van der Waals surface area (Å²) in [7, 11) is 1.47. The smallest absolute Gasteiger partial charge is 0.258 e. The minimum atomic E-state index is -0.331. The number of nitrogens with zero attached hydrogens (tertiary/aromatic N) is 2. The fourth-order valence-electron chi connectivity index (χ4n) is 2.17.